The Bertz CT molecular complexity index is 247. The fourth-order valence-electron chi connectivity index (χ4n) is 3.52. The number of nitrogens with two attached hydrogens (primary N) is 1. The molecule has 1 fully saturated rings. The molecule has 0 spiro atoms. The van der Waals surface area contributed by atoms with Crippen molar-refractivity contribution in [3.05, 3.63) is 0 Å². The molecule has 0 amide bonds. The summed E-state index contributed by atoms with van der Waals surface area (Å²) in [5.41, 5.74) is 6.11. The molecule has 0 radical (unpaired) electrons. The van der Waals surface area contributed by atoms with Crippen LogP contribution in [-0.2, 0) is 0 Å². The van der Waals surface area contributed by atoms with Crippen LogP contribution in [0.4, 0.5) is 0 Å². The van der Waals surface area contributed by atoms with Crippen LogP contribution in [0.25, 0.3) is 0 Å². The van der Waals surface area contributed by atoms with Crippen molar-refractivity contribution in [2.45, 2.75) is 59.9 Å². The predicted octanol–water partition coefficient (Wildman–Crippen LogP) is 3.36. The minimum atomic E-state index is 0.233. The lowest BCUT2D eigenvalue weighted by Crippen LogP contribution is -2.48. The summed E-state index contributed by atoms with van der Waals surface area (Å²) in [5.74, 6) is 2.54. The van der Waals surface area contributed by atoms with Crippen LogP contribution in [0.5, 0.6) is 0 Å². The number of nitrogens with zero attached hydrogens (tertiary/aromatic N) is 1. The van der Waals surface area contributed by atoms with E-state index < -0.39 is 0 Å². The minimum absolute atomic E-state index is 0.233. The maximum Gasteiger partial charge on any atom is 0.0126 e. The van der Waals surface area contributed by atoms with Gasteiger partial charge in [-0.15, -0.1) is 0 Å². The second kappa shape index (κ2) is 6.38. The normalized spacial score (nSPS) is 30.2. The maximum absolute atomic E-state index is 5.88. The molecule has 0 aromatic rings. The van der Waals surface area contributed by atoms with E-state index in [1.54, 1.807) is 0 Å². The molecule has 2 nitrogen and oxygen atoms in total. The van der Waals surface area contributed by atoms with Crippen LogP contribution in [0.1, 0.15) is 53.9 Å². The molecule has 1 rings (SSSR count). The Morgan fingerprint density at radius 2 is 1.89 bits per heavy atom. The van der Waals surface area contributed by atoms with Gasteiger partial charge >= 0.3 is 0 Å². The van der Waals surface area contributed by atoms with Gasteiger partial charge in [0.25, 0.3) is 0 Å². The first-order valence-electron chi connectivity index (χ1n) is 7.67. The number of rotatable bonds is 5. The number of hydrogen-bond acceptors (Lipinski definition) is 2. The average Bonchev–Trinajstić information content (AvgIpc) is 2.28. The van der Waals surface area contributed by atoms with Crippen LogP contribution in [0.15, 0.2) is 0 Å². The predicted molar refractivity (Wildman–Crippen MR) is 80.6 cm³/mol. The zero-order valence-electron chi connectivity index (χ0n) is 13.4. The van der Waals surface area contributed by atoms with E-state index >= 15 is 0 Å². The molecule has 0 aromatic carbocycles. The Hall–Kier alpha value is -0.0800. The molecule has 18 heavy (non-hydrogen) atoms. The van der Waals surface area contributed by atoms with E-state index in [-0.39, 0.29) is 5.41 Å². The van der Waals surface area contributed by atoms with Gasteiger partial charge in [0.05, 0.1) is 0 Å². The lowest BCUT2D eigenvalue weighted by molar-refractivity contribution is 0.0544. The van der Waals surface area contributed by atoms with Crippen LogP contribution < -0.4 is 5.73 Å². The summed E-state index contributed by atoms with van der Waals surface area (Å²) in [7, 11) is 2.30. The summed E-state index contributed by atoms with van der Waals surface area (Å²) in [4.78, 5) is 2.59. The molecule has 3 atom stereocenters. The molecule has 1 aliphatic carbocycles. The van der Waals surface area contributed by atoms with Gasteiger partial charge in [0.1, 0.15) is 0 Å². The van der Waals surface area contributed by atoms with Gasteiger partial charge in [0.15, 0.2) is 0 Å². The summed E-state index contributed by atoms with van der Waals surface area (Å²) in [5, 5.41) is 0. The van der Waals surface area contributed by atoms with Crippen LogP contribution in [0.3, 0.4) is 0 Å². The van der Waals surface area contributed by atoms with E-state index in [4.69, 9.17) is 5.73 Å². The average molecular weight is 254 g/mol. The van der Waals surface area contributed by atoms with E-state index in [1.165, 1.54) is 19.3 Å². The van der Waals surface area contributed by atoms with E-state index in [0.29, 0.717) is 0 Å². The van der Waals surface area contributed by atoms with Crippen molar-refractivity contribution < 1.29 is 0 Å². The Morgan fingerprint density at radius 1 is 1.28 bits per heavy atom. The van der Waals surface area contributed by atoms with Crippen molar-refractivity contribution in [2.75, 3.05) is 20.1 Å². The first kappa shape index (κ1) is 16.0. The van der Waals surface area contributed by atoms with Gasteiger partial charge in [-0.05, 0) is 49.6 Å². The zero-order chi connectivity index (χ0) is 13.9. The SMILES string of the molecule is CC1CCC(C(C)C)C(N(C)CC(C)(C)CN)C1. The van der Waals surface area contributed by atoms with Gasteiger partial charge in [-0.25, -0.2) is 0 Å². The highest BCUT2D eigenvalue weighted by molar-refractivity contribution is 4.88. The van der Waals surface area contributed by atoms with Gasteiger partial charge in [0, 0.05) is 12.6 Å². The highest BCUT2D eigenvalue weighted by Crippen LogP contribution is 2.36. The molecular weight excluding hydrogens is 220 g/mol. The molecule has 1 aliphatic rings. The quantitative estimate of drug-likeness (QED) is 0.815. The smallest absolute Gasteiger partial charge is 0.0126 e. The van der Waals surface area contributed by atoms with Crippen molar-refractivity contribution in [1.29, 1.82) is 0 Å². The van der Waals surface area contributed by atoms with E-state index in [2.05, 4.69) is 46.6 Å². The fraction of sp³-hybridized carbons (Fsp3) is 1.00. The third-order valence-corrected chi connectivity index (χ3v) is 4.78. The van der Waals surface area contributed by atoms with Crippen LogP contribution in [-0.4, -0.2) is 31.1 Å². The third kappa shape index (κ3) is 4.24. The highest BCUT2D eigenvalue weighted by atomic mass is 15.1. The molecule has 1 saturated carbocycles. The second-order valence-electron chi connectivity index (χ2n) is 7.68. The summed E-state index contributed by atoms with van der Waals surface area (Å²) >= 11 is 0. The standard InChI is InChI=1S/C16H34N2/c1-12(2)14-8-7-13(3)9-15(14)18(6)11-16(4,5)10-17/h12-15H,7-11,17H2,1-6H3. The van der Waals surface area contributed by atoms with Crippen molar-refractivity contribution in [2.24, 2.45) is 28.9 Å². The highest BCUT2D eigenvalue weighted by Gasteiger charge is 2.34. The number of hydrogen-bond donors (Lipinski definition) is 1. The van der Waals surface area contributed by atoms with Crippen molar-refractivity contribution >= 4 is 0 Å². The minimum Gasteiger partial charge on any atom is -0.330 e. The molecule has 3 unspecified atom stereocenters. The summed E-state index contributed by atoms with van der Waals surface area (Å²) < 4.78 is 0. The first-order valence-corrected chi connectivity index (χ1v) is 7.67. The third-order valence-electron chi connectivity index (χ3n) is 4.78. The molecule has 0 saturated heterocycles. The van der Waals surface area contributed by atoms with Gasteiger partial charge in [-0.2, -0.15) is 0 Å². The topological polar surface area (TPSA) is 29.3 Å². The zero-order valence-corrected chi connectivity index (χ0v) is 13.4. The monoisotopic (exact) mass is 254 g/mol. The van der Waals surface area contributed by atoms with Crippen molar-refractivity contribution in [1.82, 2.24) is 4.90 Å². The Kier molecular flexibility index (Phi) is 5.67. The lowest BCUT2D eigenvalue weighted by atomic mass is 9.73. The molecule has 0 aliphatic heterocycles. The summed E-state index contributed by atoms with van der Waals surface area (Å²) in [6.07, 6.45) is 4.17. The van der Waals surface area contributed by atoms with E-state index in [0.717, 1.165) is 36.9 Å². The molecule has 0 heterocycles. The van der Waals surface area contributed by atoms with Crippen LogP contribution in [0, 0.1) is 23.2 Å². The van der Waals surface area contributed by atoms with Gasteiger partial charge in [-0.3, -0.25) is 0 Å². The fourth-order valence-corrected chi connectivity index (χ4v) is 3.52. The second-order valence-corrected chi connectivity index (χ2v) is 7.68. The maximum atomic E-state index is 5.88. The summed E-state index contributed by atoms with van der Waals surface area (Å²) in [6, 6.07) is 0.750. The lowest BCUT2D eigenvalue weighted by Gasteiger charge is -2.44. The summed E-state index contributed by atoms with van der Waals surface area (Å²) in [6.45, 7) is 13.6. The van der Waals surface area contributed by atoms with Gasteiger partial charge in [-0.1, -0.05) is 41.0 Å². The van der Waals surface area contributed by atoms with Crippen LogP contribution in [0.2, 0.25) is 0 Å². The first-order chi connectivity index (χ1) is 8.26. The van der Waals surface area contributed by atoms with Crippen molar-refractivity contribution in [3.63, 3.8) is 0 Å². The molecule has 0 aromatic heterocycles. The van der Waals surface area contributed by atoms with Gasteiger partial charge in [0.2, 0.25) is 0 Å². The van der Waals surface area contributed by atoms with Crippen molar-refractivity contribution in [3.8, 4) is 0 Å². The Morgan fingerprint density at radius 3 is 2.39 bits per heavy atom. The molecular formula is C16H34N2. The Labute approximate surface area is 114 Å². The van der Waals surface area contributed by atoms with Crippen LogP contribution >= 0.6 is 0 Å². The molecule has 108 valence electrons. The largest absolute Gasteiger partial charge is 0.330 e. The van der Waals surface area contributed by atoms with Gasteiger partial charge < -0.3 is 10.6 Å². The van der Waals surface area contributed by atoms with E-state index in [9.17, 15) is 0 Å². The van der Waals surface area contributed by atoms with E-state index in [1.807, 2.05) is 0 Å². The Balaban J connectivity index is 2.69. The molecule has 2 heteroatoms. The molecule has 0 bridgehead atoms. The molecule has 2 N–H and O–H groups in total.